The van der Waals surface area contributed by atoms with E-state index in [1.54, 1.807) is 0 Å². The molecule has 18 heavy (non-hydrogen) atoms. The van der Waals surface area contributed by atoms with Crippen molar-refractivity contribution in [1.29, 1.82) is 0 Å². The van der Waals surface area contributed by atoms with Crippen LogP contribution < -0.4 is 5.32 Å². The van der Waals surface area contributed by atoms with Crippen molar-refractivity contribution in [2.75, 3.05) is 19.6 Å². The van der Waals surface area contributed by atoms with Gasteiger partial charge in [-0.25, -0.2) is 0 Å². The molecule has 1 fully saturated rings. The Morgan fingerprint density at radius 1 is 1.50 bits per heavy atom. The highest BCUT2D eigenvalue weighted by atomic mass is 79.9. The largest absolute Gasteiger partial charge is 0.333 e. The van der Waals surface area contributed by atoms with Gasteiger partial charge in [0.15, 0.2) is 0 Å². The third kappa shape index (κ3) is 2.75. The molecule has 0 unspecified atom stereocenters. The molecule has 4 heteroatoms. The van der Waals surface area contributed by atoms with E-state index < -0.39 is 0 Å². The summed E-state index contributed by atoms with van der Waals surface area (Å²) in [7, 11) is 0. The minimum atomic E-state index is 0.161. The molecular weight excluding hydrogens is 292 g/mol. The van der Waals surface area contributed by atoms with Crippen LogP contribution in [0.4, 0.5) is 0 Å². The fourth-order valence-corrected chi connectivity index (χ4v) is 2.68. The number of carbonyl (C=O) groups excluding carboxylic acids is 1. The molecule has 1 aromatic rings. The second-order valence-electron chi connectivity index (χ2n) is 4.77. The van der Waals surface area contributed by atoms with Gasteiger partial charge in [0.05, 0.1) is 6.04 Å². The Labute approximate surface area is 117 Å². The van der Waals surface area contributed by atoms with E-state index in [0.29, 0.717) is 6.04 Å². The van der Waals surface area contributed by atoms with Gasteiger partial charge in [-0.15, -0.1) is 0 Å². The van der Waals surface area contributed by atoms with Crippen LogP contribution in [0.5, 0.6) is 0 Å². The minimum absolute atomic E-state index is 0.161. The van der Waals surface area contributed by atoms with E-state index in [0.717, 1.165) is 41.7 Å². The maximum atomic E-state index is 12.6. The Bertz CT molecular complexity index is 443. The molecule has 1 aliphatic heterocycles. The van der Waals surface area contributed by atoms with Gasteiger partial charge in [0.2, 0.25) is 0 Å². The van der Waals surface area contributed by atoms with Crippen LogP contribution in [0.1, 0.15) is 29.3 Å². The average molecular weight is 311 g/mol. The first-order chi connectivity index (χ1) is 8.63. The standard InChI is InChI=1S/C14H19BrN2O/c1-3-6-17(12-8-16-9-12)14(18)13-5-4-11(15)7-10(13)2/h4-5,7,12,16H,3,6,8-9H2,1-2H3. The molecular formula is C14H19BrN2O. The Balaban J connectivity index is 2.21. The number of carbonyl (C=O) groups is 1. The molecule has 1 amide bonds. The molecule has 0 spiro atoms. The fraction of sp³-hybridized carbons (Fsp3) is 0.500. The number of amides is 1. The van der Waals surface area contributed by atoms with E-state index in [2.05, 4.69) is 28.2 Å². The Kier molecular flexibility index (Phi) is 4.40. The van der Waals surface area contributed by atoms with Crippen LogP contribution in [-0.4, -0.2) is 36.5 Å². The number of aryl methyl sites for hydroxylation is 1. The number of nitrogens with one attached hydrogen (secondary N) is 1. The normalized spacial score (nSPS) is 15.3. The quantitative estimate of drug-likeness (QED) is 0.927. The number of halogens is 1. The first-order valence-electron chi connectivity index (χ1n) is 6.41. The van der Waals surface area contributed by atoms with Gasteiger partial charge in [0, 0.05) is 29.7 Å². The Hall–Kier alpha value is -0.870. The second-order valence-corrected chi connectivity index (χ2v) is 5.69. The molecule has 0 radical (unpaired) electrons. The molecule has 1 aliphatic rings. The van der Waals surface area contributed by atoms with Crippen molar-refractivity contribution in [3.63, 3.8) is 0 Å². The molecule has 2 rings (SSSR count). The zero-order valence-electron chi connectivity index (χ0n) is 10.9. The number of benzene rings is 1. The van der Waals surface area contributed by atoms with Crippen molar-refractivity contribution in [1.82, 2.24) is 10.2 Å². The summed E-state index contributed by atoms with van der Waals surface area (Å²) in [6, 6.07) is 6.21. The van der Waals surface area contributed by atoms with Gasteiger partial charge in [-0.1, -0.05) is 22.9 Å². The molecule has 1 heterocycles. The molecule has 98 valence electrons. The summed E-state index contributed by atoms with van der Waals surface area (Å²) in [6.45, 7) is 6.77. The first-order valence-corrected chi connectivity index (χ1v) is 7.20. The van der Waals surface area contributed by atoms with Gasteiger partial charge in [-0.2, -0.15) is 0 Å². The maximum absolute atomic E-state index is 12.6. The Morgan fingerprint density at radius 3 is 2.72 bits per heavy atom. The third-order valence-corrected chi connectivity index (χ3v) is 3.84. The van der Waals surface area contributed by atoms with Gasteiger partial charge in [-0.3, -0.25) is 4.79 Å². The molecule has 0 aromatic heterocycles. The lowest BCUT2D eigenvalue weighted by Gasteiger charge is -2.38. The Morgan fingerprint density at radius 2 is 2.22 bits per heavy atom. The van der Waals surface area contributed by atoms with Crippen molar-refractivity contribution < 1.29 is 4.79 Å². The fourth-order valence-electron chi connectivity index (χ4n) is 2.21. The predicted molar refractivity (Wildman–Crippen MR) is 76.9 cm³/mol. The molecule has 3 nitrogen and oxygen atoms in total. The first kappa shape index (κ1) is 13.6. The highest BCUT2D eigenvalue weighted by Crippen LogP contribution is 2.19. The van der Waals surface area contributed by atoms with Crippen LogP contribution in [0.15, 0.2) is 22.7 Å². The average Bonchev–Trinajstić information content (AvgIpc) is 2.25. The second kappa shape index (κ2) is 5.85. The van der Waals surface area contributed by atoms with Gasteiger partial charge in [0.25, 0.3) is 5.91 Å². The summed E-state index contributed by atoms with van der Waals surface area (Å²) in [4.78, 5) is 14.6. The summed E-state index contributed by atoms with van der Waals surface area (Å²) in [5.41, 5.74) is 1.85. The zero-order valence-corrected chi connectivity index (χ0v) is 12.5. The monoisotopic (exact) mass is 310 g/mol. The van der Waals surface area contributed by atoms with Crippen molar-refractivity contribution in [2.45, 2.75) is 26.3 Å². The number of hydrogen-bond donors (Lipinski definition) is 1. The van der Waals surface area contributed by atoms with Crippen molar-refractivity contribution in [2.24, 2.45) is 0 Å². The van der Waals surface area contributed by atoms with E-state index in [1.165, 1.54) is 0 Å². The highest BCUT2D eigenvalue weighted by molar-refractivity contribution is 9.10. The van der Waals surface area contributed by atoms with Gasteiger partial charge in [-0.05, 0) is 37.1 Å². The topological polar surface area (TPSA) is 32.3 Å². The minimum Gasteiger partial charge on any atom is -0.333 e. The van der Waals surface area contributed by atoms with Crippen molar-refractivity contribution in [3.8, 4) is 0 Å². The zero-order chi connectivity index (χ0) is 13.1. The summed E-state index contributed by atoms with van der Waals surface area (Å²) in [5.74, 6) is 0.161. The SMILES string of the molecule is CCCN(C(=O)c1ccc(Br)cc1C)C1CNC1. The number of rotatable bonds is 4. The molecule has 1 N–H and O–H groups in total. The van der Waals surface area contributed by atoms with Crippen molar-refractivity contribution in [3.05, 3.63) is 33.8 Å². The van der Waals surface area contributed by atoms with Crippen LogP contribution in [0.3, 0.4) is 0 Å². The van der Waals surface area contributed by atoms with Gasteiger partial charge < -0.3 is 10.2 Å². The third-order valence-electron chi connectivity index (χ3n) is 3.34. The summed E-state index contributed by atoms with van der Waals surface area (Å²) in [5, 5.41) is 3.23. The summed E-state index contributed by atoms with van der Waals surface area (Å²) in [6.07, 6.45) is 0.998. The van der Waals surface area contributed by atoms with E-state index in [4.69, 9.17) is 0 Å². The summed E-state index contributed by atoms with van der Waals surface area (Å²) < 4.78 is 1.02. The van der Waals surface area contributed by atoms with Crippen LogP contribution in [0.2, 0.25) is 0 Å². The highest BCUT2D eigenvalue weighted by Gasteiger charge is 2.29. The smallest absolute Gasteiger partial charge is 0.254 e. The molecule has 1 saturated heterocycles. The lowest BCUT2D eigenvalue weighted by atomic mass is 10.0. The van der Waals surface area contributed by atoms with E-state index >= 15 is 0 Å². The maximum Gasteiger partial charge on any atom is 0.254 e. The number of nitrogens with zero attached hydrogens (tertiary/aromatic N) is 1. The van der Waals surface area contributed by atoms with Crippen LogP contribution in [-0.2, 0) is 0 Å². The van der Waals surface area contributed by atoms with Crippen LogP contribution >= 0.6 is 15.9 Å². The number of hydrogen-bond acceptors (Lipinski definition) is 2. The molecule has 0 atom stereocenters. The van der Waals surface area contributed by atoms with Crippen LogP contribution in [0, 0.1) is 6.92 Å². The van der Waals surface area contributed by atoms with Gasteiger partial charge in [0.1, 0.15) is 0 Å². The predicted octanol–water partition coefficient (Wildman–Crippen LogP) is 2.58. The molecule has 0 bridgehead atoms. The lowest BCUT2D eigenvalue weighted by molar-refractivity contribution is 0.0615. The van der Waals surface area contributed by atoms with E-state index in [9.17, 15) is 4.79 Å². The molecule has 0 aliphatic carbocycles. The van der Waals surface area contributed by atoms with Gasteiger partial charge >= 0.3 is 0 Å². The van der Waals surface area contributed by atoms with E-state index in [-0.39, 0.29) is 5.91 Å². The van der Waals surface area contributed by atoms with Crippen molar-refractivity contribution >= 4 is 21.8 Å². The lowest BCUT2D eigenvalue weighted by Crippen LogP contribution is -2.59. The molecule has 1 aromatic carbocycles. The van der Waals surface area contributed by atoms with E-state index in [1.807, 2.05) is 30.0 Å². The summed E-state index contributed by atoms with van der Waals surface area (Å²) >= 11 is 3.43. The molecule has 0 saturated carbocycles. The van der Waals surface area contributed by atoms with Crippen LogP contribution in [0.25, 0.3) is 0 Å².